The molecular formula is C27H21N5O4S2. The molecule has 0 saturated heterocycles. The van der Waals surface area contributed by atoms with Crippen molar-refractivity contribution in [3.8, 4) is 12.1 Å². The summed E-state index contributed by atoms with van der Waals surface area (Å²) in [5, 5.41) is 36.9. The Balaban J connectivity index is 1.61. The molecule has 190 valence electrons. The lowest BCUT2D eigenvalue weighted by Crippen LogP contribution is -2.13. The Morgan fingerprint density at radius 1 is 1.11 bits per heavy atom. The summed E-state index contributed by atoms with van der Waals surface area (Å²) in [6.07, 6.45) is 4.94. The number of nitrogens with one attached hydrogen (secondary N) is 2. The Morgan fingerprint density at radius 3 is 2.58 bits per heavy atom. The quantitative estimate of drug-likeness (QED) is 0.159. The van der Waals surface area contributed by atoms with E-state index in [9.17, 15) is 30.2 Å². The van der Waals surface area contributed by atoms with Gasteiger partial charge in [0.15, 0.2) is 0 Å². The van der Waals surface area contributed by atoms with Crippen molar-refractivity contribution < 1.29 is 14.5 Å². The largest absolute Gasteiger partial charge is 0.325 e. The molecule has 1 aliphatic carbocycles. The molecule has 0 spiro atoms. The zero-order chi connectivity index (χ0) is 27.2. The van der Waals surface area contributed by atoms with E-state index >= 15 is 0 Å². The van der Waals surface area contributed by atoms with Crippen molar-refractivity contribution in [1.82, 2.24) is 0 Å². The molecule has 2 aromatic carbocycles. The maximum absolute atomic E-state index is 12.9. The smallest absolute Gasteiger partial charge is 0.283 e. The van der Waals surface area contributed by atoms with E-state index in [1.807, 2.05) is 6.07 Å². The van der Waals surface area contributed by atoms with Gasteiger partial charge in [-0.05, 0) is 61.1 Å². The van der Waals surface area contributed by atoms with Gasteiger partial charge in [0.25, 0.3) is 11.6 Å². The monoisotopic (exact) mass is 543 g/mol. The molecule has 0 radical (unpaired) electrons. The number of aryl methyl sites for hydroxylation is 1. The maximum atomic E-state index is 12.9. The molecule has 0 bridgehead atoms. The molecule has 0 saturated carbocycles. The number of anilines is 2. The van der Waals surface area contributed by atoms with E-state index in [4.69, 9.17) is 0 Å². The van der Waals surface area contributed by atoms with Crippen LogP contribution in [0.25, 0.3) is 6.08 Å². The number of amides is 2. The van der Waals surface area contributed by atoms with E-state index in [0.717, 1.165) is 47.9 Å². The summed E-state index contributed by atoms with van der Waals surface area (Å²) in [6, 6.07) is 15.4. The number of hydrogen-bond donors (Lipinski definition) is 2. The zero-order valence-electron chi connectivity index (χ0n) is 20.2. The van der Waals surface area contributed by atoms with Crippen LogP contribution in [-0.4, -0.2) is 16.7 Å². The van der Waals surface area contributed by atoms with E-state index < -0.39 is 10.8 Å². The minimum absolute atomic E-state index is 0.211. The van der Waals surface area contributed by atoms with Crippen molar-refractivity contribution >= 4 is 57.4 Å². The molecule has 9 nitrogen and oxygen atoms in total. The van der Waals surface area contributed by atoms with E-state index in [1.54, 1.807) is 30.3 Å². The summed E-state index contributed by atoms with van der Waals surface area (Å²) in [5.41, 5.74) is 1.77. The minimum atomic E-state index is -0.687. The van der Waals surface area contributed by atoms with E-state index in [-0.39, 0.29) is 17.2 Å². The fourth-order valence-corrected chi connectivity index (χ4v) is 6.30. The first-order valence-electron chi connectivity index (χ1n) is 11.6. The number of benzene rings is 2. The van der Waals surface area contributed by atoms with Crippen molar-refractivity contribution in [2.24, 2.45) is 0 Å². The predicted molar refractivity (Wildman–Crippen MR) is 146 cm³/mol. The van der Waals surface area contributed by atoms with Crippen LogP contribution in [0.5, 0.6) is 0 Å². The Hall–Kier alpha value is -4.45. The Labute approximate surface area is 226 Å². The summed E-state index contributed by atoms with van der Waals surface area (Å²) in [6.45, 7) is 1.38. The first kappa shape index (κ1) is 26.6. The van der Waals surface area contributed by atoms with Gasteiger partial charge in [-0.2, -0.15) is 10.5 Å². The van der Waals surface area contributed by atoms with Crippen LogP contribution in [0.3, 0.4) is 0 Å². The summed E-state index contributed by atoms with van der Waals surface area (Å²) >= 11 is 2.47. The number of carbonyl (C=O) groups is 2. The van der Waals surface area contributed by atoms with Gasteiger partial charge in [0.05, 0.1) is 21.1 Å². The normalized spacial score (nSPS) is 12.6. The van der Waals surface area contributed by atoms with Gasteiger partial charge in [0, 0.05) is 22.8 Å². The molecule has 0 atom stereocenters. The average Bonchev–Trinajstić information content (AvgIpc) is 3.25. The van der Waals surface area contributed by atoms with Gasteiger partial charge in [0.1, 0.15) is 22.7 Å². The number of nitro groups is 1. The molecule has 2 amide bonds. The van der Waals surface area contributed by atoms with Crippen molar-refractivity contribution in [3.63, 3.8) is 0 Å². The maximum Gasteiger partial charge on any atom is 0.283 e. The Morgan fingerprint density at radius 2 is 1.87 bits per heavy atom. The van der Waals surface area contributed by atoms with Crippen LogP contribution >= 0.6 is 23.1 Å². The fourth-order valence-electron chi connectivity index (χ4n) is 4.08. The summed E-state index contributed by atoms with van der Waals surface area (Å²) < 4.78 is 0. The van der Waals surface area contributed by atoms with Crippen molar-refractivity contribution in [3.05, 3.63) is 79.7 Å². The predicted octanol–water partition coefficient (Wildman–Crippen LogP) is 6.06. The highest BCUT2D eigenvalue weighted by Crippen LogP contribution is 2.40. The van der Waals surface area contributed by atoms with Gasteiger partial charge in [-0.15, -0.1) is 11.3 Å². The van der Waals surface area contributed by atoms with Gasteiger partial charge in [0.2, 0.25) is 5.91 Å². The topological polar surface area (TPSA) is 149 Å². The van der Waals surface area contributed by atoms with Crippen molar-refractivity contribution in [2.75, 3.05) is 10.6 Å². The molecule has 11 heteroatoms. The second-order valence-corrected chi connectivity index (χ2v) is 10.6. The minimum Gasteiger partial charge on any atom is -0.325 e. The van der Waals surface area contributed by atoms with E-state index in [2.05, 4.69) is 16.7 Å². The number of fused-ring (bicyclic) bond motifs is 1. The number of nitrogens with zero attached hydrogens (tertiary/aromatic N) is 3. The van der Waals surface area contributed by atoms with E-state index in [0.29, 0.717) is 31.6 Å². The molecule has 1 aromatic heterocycles. The van der Waals surface area contributed by atoms with Crippen molar-refractivity contribution in [2.45, 2.75) is 42.4 Å². The van der Waals surface area contributed by atoms with Crippen LogP contribution < -0.4 is 10.6 Å². The first-order chi connectivity index (χ1) is 18.3. The van der Waals surface area contributed by atoms with E-state index in [1.165, 1.54) is 36.5 Å². The second-order valence-electron chi connectivity index (χ2n) is 8.41. The number of hydrogen-bond acceptors (Lipinski definition) is 8. The fraction of sp³-hybridized carbons (Fsp3) is 0.185. The summed E-state index contributed by atoms with van der Waals surface area (Å²) in [7, 11) is 0. The number of para-hydroxylation sites is 1. The molecule has 2 N–H and O–H groups in total. The number of thiophene rings is 1. The third-order valence-electron chi connectivity index (χ3n) is 5.78. The molecule has 1 heterocycles. The number of carbonyl (C=O) groups excluding carboxylic acids is 2. The lowest BCUT2D eigenvalue weighted by atomic mass is 9.96. The first-order valence-corrected chi connectivity index (χ1v) is 13.2. The third-order valence-corrected chi connectivity index (χ3v) is 8.13. The highest BCUT2D eigenvalue weighted by atomic mass is 32.2. The SMILES string of the molecule is CC(=O)Nc1ccccc1Sc1ccc(/C=C(/C#N)C(=O)Nc2sc3c(c2C#N)CCCC3)cc1[N+](=O)[O-]. The standard InChI is InChI=1S/C27H21N5O4S2/c1-16(33)30-21-7-3-5-9-24(21)37-25-11-10-17(13-22(25)32(35)36)12-18(14-28)26(34)31-27-20(15-29)19-6-2-4-8-23(19)38-27/h3,5,7,9-13H,2,4,6,8H2,1H3,(H,30,33)(H,31,34)/b18-12-. The van der Waals surface area contributed by atoms with Crippen LogP contribution in [0, 0.1) is 32.8 Å². The summed E-state index contributed by atoms with van der Waals surface area (Å²) in [4.78, 5) is 37.8. The highest BCUT2D eigenvalue weighted by molar-refractivity contribution is 7.99. The molecule has 3 aromatic rings. The van der Waals surface area contributed by atoms with Gasteiger partial charge >= 0.3 is 0 Å². The Kier molecular flexibility index (Phi) is 8.22. The summed E-state index contributed by atoms with van der Waals surface area (Å²) in [5.74, 6) is -0.951. The molecule has 0 unspecified atom stereocenters. The number of nitro benzene ring substituents is 1. The lowest BCUT2D eigenvalue weighted by molar-refractivity contribution is -0.387. The molecule has 0 fully saturated rings. The average molecular weight is 544 g/mol. The molecule has 38 heavy (non-hydrogen) atoms. The zero-order valence-corrected chi connectivity index (χ0v) is 21.9. The van der Waals surface area contributed by atoms with Crippen LogP contribution in [0.15, 0.2) is 57.8 Å². The number of nitriles is 2. The highest BCUT2D eigenvalue weighted by Gasteiger charge is 2.23. The van der Waals surface area contributed by atoms with Crippen LogP contribution in [-0.2, 0) is 22.4 Å². The third kappa shape index (κ3) is 5.92. The van der Waals surface area contributed by atoms with Gasteiger partial charge < -0.3 is 10.6 Å². The molecule has 4 rings (SSSR count). The molecule has 0 aliphatic heterocycles. The van der Waals surface area contributed by atoms with Crippen LogP contribution in [0.4, 0.5) is 16.4 Å². The second kappa shape index (κ2) is 11.7. The molecular weight excluding hydrogens is 522 g/mol. The van der Waals surface area contributed by atoms with Crippen molar-refractivity contribution in [1.29, 1.82) is 10.5 Å². The lowest BCUT2D eigenvalue weighted by Gasteiger charge is -2.10. The van der Waals surface area contributed by atoms with Crippen LogP contribution in [0.2, 0.25) is 0 Å². The number of rotatable bonds is 7. The van der Waals surface area contributed by atoms with Gasteiger partial charge in [-0.3, -0.25) is 19.7 Å². The van der Waals surface area contributed by atoms with Gasteiger partial charge in [-0.1, -0.05) is 30.0 Å². The molecule has 1 aliphatic rings. The van der Waals surface area contributed by atoms with Gasteiger partial charge in [-0.25, -0.2) is 0 Å². The Bertz CT molecular complexity index is 1560. The van der Waals surface area contributed by atoms with Crippen LogP contribution in [0.1, 0.15) is 41.3 Å².